The van der Waals surface area contributed by atoms with Crippen LogP contribution in [0, 0.1) is 0 Å². The molecule has 8 heteroatoms. The topological polar surface area (TPSA) is 86.1 Å². The second kappa shape index (κ2) is 8.42. The molecule has 1 aromatic heterocycles. The molecule has 0 spiro atoms. The maximum Gasteiger partial charge on any atom is 0.338 e. The second-order valence-corrected chi connectivity index (χ2v) is 6.86. The molecule has 0 saturated carbocycles. The number of furan rings is 1. The third kappa shape index (κ3) is 3.92. The lowest BCUT2D eigenvalue weighted by Crippen LogP contribution is -2.28. The van der Waals surface area contributed by atoms with E-state index in [1.165, 1.54) is 24.5 Å². The van der Waals surface area contributed by atoms with Crippen molar-refractivity contribution in [3.05, 3.63) is 88.3 Å². The number of ether oxygens (including phenoxy) is 2. The van der Waals surface area contributed by atoms with E-state index in [2.05, 4.69) is 0 Å². The fraction of sp³-hybridized carbons (Fsp3) is 0.136. The van der Waals surface area contributed by atoms with Gasteiger partial charge in [-0.05, 0) is 42.5 Å². The molecule has 152 valence electrons. The fourth-order valence-electron chi connectivity index (χ4n) is 3.05. The molecule has 0 radical (unpaired) electrons. The summed E-state index contributed by atoms with van der Waals surface area (Å²) in [6.45, 7) is 0.145. The molecule has 0 N–H and O–H groups in total. The van der Waals surface area contributed by atoms with Crippen LogP contribution in [0.3, 0.4) is 0 Å². The number of esters is 1. The number of rotatable bonds is 7. The van der Waals surface area contributed by atoms with E-state index in [-0.39, 0.29) is 36.4 Å². The summed E-state index contributed by atoms with van der Waals surface area (Å²) < 4.78 is 15.9. The minimum Gasteiger partial charge on any atom is -0.488 e. The van der Waals surface area contributed by atoms with E-state index in [0.29, 0.717) is 16.5 Å². The lowest BCUT2D eigenvalue weighted by Gasteiger charge is -2.11. The fourth-order valence-corrected chi connectivity index (χ4v) is 3.24. The Balaban J connectivity index is 1.38. The highest BCUT2D eigenvalue weighted by atomic mass is 35.5. The van der Waals surface area contributed by atoms with Gasteiger partial charge < -0.3 is 13.9 Å². The lowest BCUT2D eigenvalue weighted by atomic mass is 10.1. The highest BCUT2D eigenvalue weighted by Gasteiger charge is 2.36. The molecule has 1 aliphatic heterocycles. The van der Waals surface area contributed by atoms with Crippen LogP contribution in [0.2, 0.25) is 5.02 Å². The van der Waals surface area contributed by atoms with Crippen LogP contribution in [-0.2, 0) is 11.3 Å². The van der Waals surface area contributed by atoms with Gasteiger partial charge in [0.2, 0.25) is 0 Å². The Kier molecular flexibility index (Phi) is 5.54. The predicted octanol–water partition coefficient (Wildman–Crippen LogP) is 3.97. The molecule has 0 bridgehead atoms. The van der Waals surface area contributed by atoms with Crippen molar-refractivity contribution in [2.75, 3.05) is 13.2 Å². The lowest BCUT2D eigenvalue weighted by molar-refractivity contribution is 0.0450. The molecule has 30 heavy (non-hydrogen) atoms. The summed E-state index contributed by atoms with van der Waals surface area (Å²) in [7, 11) is 0. The van der Waals surface area contributed by atoms with Gasteiger partial charge in [-0.1, -0.05) is 23.7 Å². The van der Waals surface area contributed by atoms with Crippen molar-refractivity contribution >= 4 is 29.4 Å². The van der Waals surface area contributed by atoms with Gasteiger partial charge >= 0.3 is 5.97 Å². The molecule has 2 aromatic carbocycles. The molecule has 0 atom stereocenters. The van der Waals surface area contributed by atoms with Gasteiger partial charge in [0.15, 0.2) is 0 Å². The largest absolute Gasteiger partial charge is 0.488 e. The van der Waals surface area contributed by atoms with Crippen LogP contribution >= 0.6 is 11.6 Å². The van der Waals surface area contributed by atoms with Gasteiger partial charge in [0.25, 0.3) is 11.8 Å². The zero-order valence-electron chi connectivity index (χ0n) is 15.7. The van der Waals surface area contributed by atoms with Crippen molar-refractivity contribution in [1.82, 2.24) is 4.90 Å². The third-order valence-corrected chi connectivity index (χ3v) is 4.82. The zero-order valence-corrected chi connectivity index (χ0v) is 16.4. The van der Waals surface area contributed by atoms with Crippen LogP contribution < -0.4 is 4.74 Å². The van der Waals surface area contributed by atoms with E-state index in [1.54, 1.807) is 36.4 Å². The molecule has 4 rings (SSSR count). The smallest absolute Gasteiger partial charge is 0.338 e. The van der Waals surface area contributed by atoms with Gasteiger partial charge in [-0.3, -0.25) is 14.5 Å². The van der Waals surface area contributed by atoms with E-state index in [4.69, 9.17) is 25.5 Å². The van der Waals surface area contributed by atoms with Gasteiger partial charge in [0.05, 0.1) is 34.5 Å². The average Bonchev–Trinajstić information content (AvgIpc) is 3.35. The number of fused-ring (bicyclic) bond motifs is 1. The quantitative estimate of drug-likeness (QED) is 0.323. The summed E-state index contributed by atoms with van der Waals surface area (Å²) in [4.78, 5) is 38.5. The molecule has 2 heterocycles. The molecule has 2 amide bonds. The standard InChI is InChI=1S/C22H16ClNO6/c23-18-5-1-2-6-19(18)29-10-11-30-22(27)14-7-8-16-17(12-14)21(26)24(20(16)25)13-15-4-3-9-28-15/h1-9,12H,10-11,13H2. The summed E-state index contributed by atoms with van der Waals surface area (Å²) in [6.07, 6.45) is 1.47. The van der Waals surface area contributed by atoms with Gasteiger partial charge in [-0.25, -0.2) is 4.79 Å². The van der Waals surface area contributed by atoms with Crippen LogP contribution in [0.1, 0.15) is 36.8 Å². The number of imide groups is 1. The Morgan fingerprint density at radius 1 is 0.967 bits per heavy atom. The predicted molar refractivity (Wildman–Crippen MR) is 107 cm³/mol. The number of amides is 2. The molecule has 0 aliphatic carbocycles. The number of hydrogen-bond donors (Lipinski definition) is 0. The van der Waals surface area contributed by atoms with E-state index in [9.17, 15) is 14.4 Å². The van der Waals surface area contributed by atoms with E-state index < -0.39 is 17.8 Å². The molecule has 3 aromatic rings. The summed E-state index contributed by atoms with van der Waals surface area (Å²) in [6, 6.07) is 14.6. The Morgan fingerprint density at radius 3 is 2.53 bits per heavy atom. The average molecular weight is 426 g/mol. The summed E-state index contributed by atoms with van der Waals surface area (Å²) >= 11 is 6.00. The van der Waals surface area contributed by atoms with Crippen molar-refractivity contribution in [3.8, 4) is 5.75 Å². The van der Waals surface area contributed by atoms with E-state index in [1.807, 2.05) is 0 Å². The minimum atomic E-state index is -0.620. The SMILES string of the molecule is O=C(OCCOc1ccccc1Cl)c1ccc2c(c1)C(=O)N(Cc1ccco1)C2=O. The molecule has 7 nitrogen and oxygen atoms in total. The molecule has 1 aliphatic rings. The van der Waals surface area contributed by atoms with Crippen LogP contribution in [0.4, 0.5) is 0 Å². The minimum absolute atomic E-state index is 0.00135. The second-order valence-electron chi connectivity index (χ2n) is 6.45. The van der Waals surface area contributed by atoms with Gasteiger partial charge in [-0.2, -0.15) is 0 Å². The maximum absolute atomic E-state index is 12.6. The summed E-state index contributed by atoms with van der Waals surface area (Å²) in [5.74, 6) is -0.552. The Morgan fingerprint density at radius 2 is 1.77 bits per heavy atom. The number of para-hydroxylation sites is 1. The highest BCUT2D eigenvalue weighted by molar-refractivity contribution is 6.32. The van der Waals surface area contributed by atoms with Gasteiger partial charge in [0.1, 0.15) is 24.7 Å². The van der Waals surface area contributed by atoms with Crippen molar-refractivity contribution in [1.29, 1.82) is 0 Å². The first kappa shape index (κ1) is 19.7. The van der Waals surface area contributed by atoms with E-state index >= 15 is 0 Å². The number of nitrogens with zero attached hydrogens (tertiary/aromatic N) is 1. The molecular formula is C22H16ClNO6. The summed E-state index contributed by atoms with van der Waals surface area (Å²) in [5.41, 5.74) is 0.575. The normalized spacial score (nSPS) is 12.8. The molecular weight excluding hydrogens is 410 g/mol. The van der Waals surface area contributed by atoms with Gasteiger partial charge in [-0.15, -0.1) is 0 Å². The number of hydrogen-bond acceptors (Lipinski definition) is 6. The first-order chi connectivity index (χ1) is 14.5. The Bertz CT molecular complexity index is 1110. The van der Waals surface area contributed by atoms with Crippen LogP contribution in [0.15, 0.2) is 65.3 Å². The van der Waals surface area contributed by atoms with Crippen molar-refractivity contribution in [3.63, 3.8) is 0 Å². The highest BCUT2D eigenvalue weighted by Crippen LogP contribution is 2.26. The number of carbonyl (C=O) groups is 3. The Hall–Kier alpha value is -3.58. The zero-order chi connectivity index (χ0) is 21.1. The van der Waals surface area contributed by atoms with Gasteiger partial charge in [0, 0.05) is 0 Å². The van der Waals surface area contributed by atoms with Crippen molar-refractivity contribution < 1.29 is 28.3 Å². The monoisotopic (exact) mass is 425 g/mol. The van der Waals surface area contributed by atoms with Crippen molar-refractivity contribution in [2.45, 2.75) is 6.54 Å². The molecule has 0 saturated heterocycles. The molecule has 0 fully saturated rings. The number of carbonyl (C=O) groups excluding carboxylic acids is 3. The van der Waals surface area contributed by atoms with E-state index in [0.717, 1.165) is 4.90 Å². The third-order valence-electron chi connectivity index (χ3n) is 4.51. The number of benzene rings is 2. The van der Waals surface area contributed by atoms with Crippen LogP contribution in [-0.4, -0.2) is 35.9 Å². The molecule has 0 unspecified atom stereocenters. The van der Waals surface area contributed by atoms with Crippen LogP contribution in [0.25, 0.3) is 0 Å². The number of halogens is 1. The van der Waals surface area contributed by atoms with Crippen molar-refractivity contribution in [2.24, 2.45) is 0 Å². The first-order valence-electron chi connectivity index (χ1n) is 9.11. The summed E-state index contributed by atoms with van der Waals surface area (Å²) in [5, 5.41) is 0.463. The van der Waals surface area contributed by atoms with Crippen LogP contribution in [0.5, 0.6) is 5.75 Å². The maximum atomic E-state index is 12.6. The first-order valence-corrected chi connectivity index (χ1v) is 9.49. The Labute approximate surface area is 176 Å².